The van der Waals surface area contributed by atoms with Gasteiger partial charge in [-0.2, -0.15) is 5.26 Å². The van der Waals surface area contributed by atoms with Crippen molar-refractivity contribution in [3.8, 4) is 11.8 Å². The Morgan fingerprint density at radius 3 is 2.53 bits per heavy atom. The Morgan fingerprint density at radius 2 is 2.00 bits per heavy atom. The van der Waals surface area contributed by atoms with E-state index in [1.165, 1.54) is 0 Å². The van der Waals surface area contributed by atoms with E-state index in [0.29, 0.717) is 12.4 Å². The van der Waals surface area contributed by atoms with Gasteiger partial charge < -0.3 is 4.74 Å². The predicted molar refractivity (Wildman–Crippen MR) is 66.3 cm³/mol. The molecule has 90 valence electrons. The van der Waals surface area contributed by atoms with E-state index in [2.05, 4.69) is 0 Å². The molecule has 0 aromatic heterocycles. The van der Waals surface area contributed by atoms with Gasteiger partial charge in [0.2, 0.25) is 0 Å². The van der Waals surface area contributed by atoms with Crippen LogP contribution in [0.2, 0.25) is 5.02 Å². The monoisotopic (exact) mass is 251 g/mol. The van der Waals surface area contributed by atoms with Gasteiger partial charge in [-0.3, -0.25) is 4.79 Å². The van der Waals surface area contributed by atoms with Gasteiger partial charge in [0.05, 0.1) is 19.1 Å². The Hall–Kier alpha value is -1.53. The van der Waals surface area contributed by atoms with Crippen molar-refractivity contribution in [1.29, 1.82) is 5.26 Å². The zero-order valence-corrected chi connectivity index (χ0v) is 10.7. The standard InChI is InChI=1S/C13H14ClNO2/c1-9-7-12(8-10(2)13(9)14)17-6-4-11(16)3-5-15/h7-8H,3-4,6H2,1-2H3. The van der Waals surface area contributed by atoms with Crippen LogP contribution in [0.4, 0.5) is 0 Å². The molecule has 1 aromatic rings. The highest BCUT2D eigenvalue weighted by Gasteiger charge is 2.05. The molecule has 0 bridgehead atoms. The average Bonchev–Trinajstić information content (AvgIpc) is 2.26. The molecule has 0 saturated carbocycles. The van der Waals surface area contributed by atoms with E-state index in [0.717, 1.165) is 16.1 Å². The molecule has 0 amide bonds. The quantitative estimate of drug-likeness (QED) is 0.807. The molecule has 3 nitrogen and oxygen atoms in total. The first-order chi connectivity index (χ1) is 8.04. The van der Waals surface area contributed by atoms with Crippen LogP contribution in [0.25, 0.3) is 0 Å². The van der Waals surface area contributed by atoms with E-state index in [1.54, 1.807) is 0 Å². The van der Waals surface area contributed by atoms with Crippen molar-refractivity contribution in [2.24, 2.45) is 0 Å². The Kier molecular flexibility index (Phi) is 4.99. The van der Waals surface area contributed by atoms with Gasteiger partial charge in [0.1, 0.15) is 11.5 Å². The molecule has 0 aliphatic heterocycles. The Bertz CT molecular complexity index is 440. The molecule has 0 atom stereocenters. The van der Waals surface area contributed by atoms with Gasteiger partial charge in [-0.15, -0.1) is 0 Å². The molecule has 17 heavy (non-hydrogen) atoms. The lowest BCUT2D eigenvalue weighted by atomic mass is 10.1. The van der Waals surface area contributed by atoms with Gasteiger partial charge in [-0.05, 0) is 37.1 Å². The van der Waals surface area contributed by atoms with Crippen molar-refractivity contribution in [3.63, 3.8) is 0 Å². The summed E-state index contributed by atoms with van der Waals surface area (Å²) in [6.07, 6.45) is 0.205. The molecular weight excluding hydrogens is 238 g/mol. The first-order valence-electron chi connectivity index (χ1n) is 5.32. The number of hydrogen-bond acceptors (Lipinski definition) is 3. The Labute approximate surface area is 106 Å². The minimum atomic E-state index is -0.102. The summed E-state index contributed by atoms with van der Waals surface area (Å²) in [7, 11) is 0. The summed E-state index contributed by atoms with van der Waals surface area (Å²) in [4.78, 5) is 11.1. The molecule has 4 heteroatoms. The van der Waals surface area contributed by atoms with Crippen LogP contribution in [0.3, 0.4) is 0 Å². The molecular formula is C13H14ClNO2. The number of nitriles is 1. The maximum Gasteiger partial charge on any atom is 0.150 e. The number of nitrogens with zero attached hydrogens (tertiary/aromatic N) is 1. The smallest absolute Gasteiger partial charge is 0.150 e. The van der Waals surface area contributed by atoms with E-state index < -0.39 is 0 Å². The second-order valence-electron chi connectivity index (χ2n) is 3.84. The Balaban J connectivity index is 2.53. The minimum absolute atomic E-state index is 0.0535. The molecule has 0 heterocycles. The van der Waals surface area contributed by atoms with Crippen molar-refractivity contribution in [1.82, 2.24) is 0 Å². The number of Topliss-reactive ketones (excluding diaryl/α,β-unsaturated/α-hetero) is 1. The minimum Gasteiger partial charge on any atom is -0.493 e. The maximum atomic E-state index is 11.1. The van der Waals surface area contributed by atoms with E-state index in [4.69, 9.17) is 21.6 Å². The van der Waals surface area contributed by atoms with Gasteiger partial charge in [0.25, 0.3) is 0 Å². The van der Waals surface area contributed by atoms with Gasteiger partial charge in [-0.1, -0.05) is 11.6 Å². The normalized spacial score (nSPS) is 9.76. The summed E-state index contributed by atoms with van der Waals surface area (Å²) in [5.74, 6) is 0.601. The van der Waals surface area contributed by atoms with Gasteiger partial charge in [-0.25, -0.2) is 0 Å². The van der Waals surface area contributed by atoms with E-state index in [-0.39, 0.29) is 18.6 Å². The fraction of sp³-hybridized carbons (Fsp3) is 0.385. The maximum absolute atomic E-state index is 11.1. The van der Waals surface area contributed by atoms with Crippen molar-refractivity contribution < 1.29 is 9.53 Å². The number of rotatable bonds is 5. The number of hydrogen-bond donors (Lipinski definition) is 0. The molecule has 0 aliphatic carbocycles. The van der Waals surface area contributed by atoms with Gasteiger partial charge >= 0.3 is 0 Å². The molecule has 0 aliphatic rings. The third kappa shape index (κ3) is 4.08. The van der Waals surface area contributed by atoms with Crippen LogP contribution in [0, 0.1) is 25.2 Å². The van der Waals surface area contributed by atoms with Crippen LogP contribution in [-0.4, -0.2) is 12.4 Å². The SMILES string of the molecule is Cc1cc(OCCC(=O)CC#N)cc(C)c1Cl. The summed E-state index contributed by atoms with van der Waals surface area (Å²) in [5.41, 5.74) is 1.90. The first kappa shape index (κ1) is 13.5. The zero-order chi connectivity index (χ0) is 12.8. The van der Waals surface area contributed by atoms with E-state index >= 15 is 0 Å². The number of aryl methyl sites for hydroxylation is 2. The number of ether oxygens (including phenoxy) is 1. The fourth-order valence-electron chi connectivity index (χ4n) is 1.45. The molecule has 1 rings (SSSR count). The molecule has 0 unspecified atom stereocenters. The summed E-state index contributed by atoms with van der Waals surface area (Å²) in [6, 6.07) is 5.49. The number of benzene rings is 1. The molecule has 1 aromatic carbocycles. The van der Waals surface area contributed by atoms with Crippen molar-refractivity contribution in [2.45, 2.75) is 26.7 Å². The van der Waals surface area contributed by atoms with Crippen LogP contribution in [-0.2, 0) is 4.79 Å². The average molecular weight is 252 g/mol. The lowest BCUT2D eigenvalue weighted by molar-refractivity contribution is -0.118. The summed E-state index contributed by atoms with van der Waals surface area (Å²) in [5, 5.41) is 9.06. The first-order valence-corrected chi connectivity index (χ1v) is 5.70. The van der Waals surface area contributed by atoms with Crippen molar-refractivity contribution >= 4 is 17.4 Å². The molecule has 0 saturated heterocycles. The summed E-state index contributed by atoms with van der Waals surface area (Å²) < 4.78 is 5.45. The van der Waals surface area contributed by atoms with Gasteiger partial charge in [0, 0.05) is 11.4 Å². The van der Waals surface area contributed by atoms with Crippen LogP contribution in [0.15, 0.2) is 12.1 Å². The largest absolute Gasteiger partial charge is 0.493 e. The van der Waals surface area contributed by atoms with Crippen molar-refractivity contribution in [2.75, 3.05) is 6.61 Å². The van der Waals surface area contributed by atoms with Crippen LogP contribution >= 0.6 is 11.6 Å². The molecule has 0 spiro atoms. The van der Waals surface area contributed by atoms with E-state index in [9.17, 15) is 4.79 Å². The highest BCUT2D eigenvalue weighted by atomic mass is 35.5. The molecule has 0 fully saturated rings. The number of carbonyl (C=O) groups is 1. The van der Waals surface area contributed by atoms with E-state index in [1.807, 2.05) is 32.0 Å². The van der Waals surface area contributed by atoms with Crippen LogP contribution < -0.4 is 4.74 Å². The Morgan fingerprint density at radius 1 is 1.41 bits per heavy atom. The molecule has 0 N–H and O–H groups in total. The third-order valence-electron chi connectivity index (χ3n) is 2.34. The lowest BCUT2D eigenvalue weighted by Crippen LogP contribution is -2.05. The zero-order valence-electron chi connectivity index (χ0n) is 9.92. The predicted octanol–water partition coefficient (Wildman–Crippen LogP) is 3.21. The van der Waals surface area contributed by atoms with Crippen LogP contribution in [0.1, 0.15) is 24.0 Å². The van der Waals surface area contributed by atoms with Gasteiger partial charge in [0.15, 0.2) is 0 Å². The highest BCUT2D eigenvalue weighted by molar-refractivity contribution is 6.32. The highest BCUT2D eigenvalue weighted by Crippen LogP contribution is 2.25. The lowest BCUT2D eigenvalue weighted by Gasteiger charge is -2.09. The number of carbonyl (C=O) groups excluding carboxylic acids is 1. The topological polar surface area (TPSA) is 50.1 Å². The fourth-order valence-corrected chi connectivity index (χ4v) is 1.56. The summed E-state index contributed by atoms with van der Waals surface area (Å²) in [6.45, 7) is 4.10. The second-order valence-corrected chi connectivity index (χ2v) is 4.22. The number of halogens is 1. The second kappa shape index (κ2) is 6.27. The van der Waals surface area contributed by atoms with Crippen molar-refractivity contribution in [3.05, 3.63) is 28.3 Å². The van der Waals surface area contributed by atoms with Crippen LogP contribution in [0.5, 0.6) is 5.75 Å². The summed E-state index contributed by atoms with van der Waals surface area (Å²) >= 11 is 6.03. The third-order valence-corrected chi connectivity index (χ3v) is 2.93. The number of ketones is 1. The molecule has 0 radical (unpaired) electrons.